The lowest BCUT2D eigenvalue weighted by molar-refractivity contribution is 0.0786. The smallest absolute Gasteiger partial charge is 0.272 e. The van der Waals surface area contributed by atoms with Crippen LogP contribution in [-0.4, -0.2) is 33.9 Å². The van der Waals surface area contributed by atoms with E-state index in [0.717, 1.165) is 31.5 Å². The number of amides is 1. The van der Waals surface area contributed by atoms with E-state index in [4.69, 9.17) is 11.6 Å². The number of hydrogen-bond donors (Lipinski definition) is 1. The number of anilines is 1. The monoisotopic (exact) mass is 330 g/mol. The van der Waals surface area contributed by atoms with Gasteiger partial charge in [0, 0.05) is 30.7 Å². The Morgan fingerprint density at radius 1 is 1.26 bits per heavy atom. The van der Waals surface area contributed by atoms with Crippen LogP contribution in [0.25, 0.3) is 0 Å². The van der Waals surface area contributed by atoms with Crippen LogP contribution in [-0.2, 0) is 6.54 Å². The zero-order valence-electron chi connectivity index (χ0n) is 13.1. The fourth-order valence-corrected chi connectivity index (χ4v) is 2.88. The Morgan fingerprint density at radius 2 is 2.00 bits per heavy atom. The Bertz CT molecular complexity index is 713. The summed E-state index contributed by atoms with van der Waals surface area (Å²) in [5.41, 5.74) is 1.43. The minimum absolute atomic E-state index is 0.0196. The Kier molecular flexibility index (Phi) is 4.76. The Labute approximate surface area is 140 Å². The van der Waals surface area contributed by atoms with Gasteiger partial charge in [0.15, 0.2) is 0 Å². The predicted molar refractivity (Wildman–Crippen MR) is 90.7 cm³/mol. The minimum Gasteiger partial charge on any atom is -0.366 e. The van der Waals surface area contributed by atoms with E-state index < -0.39 is 0 Å². The van der Waals surface area contributed by atoms with Crippen LogP contribution in [0, 0.1) is 6.92 Å². The summed E-state index contributed by atoms with van der Waals surface area (Å²) >= 11 is 6.16. The molecule has 0 radical (unpaired) electrons. The summed E-state index contributed by atoms with van der Waals surface area (Å²) in [6.07, 6.45) is 2.13. The molecule has 6 heteroatoms. The fraction of sp³-hybridized carbons (Fsp3) is 0.353. The summed E-state index contributed by atoms with van der Waals surface area (Å²) in [4.78, 5) is 22.9. The number of carbonyl (C=O) groups excluding carboxylic acids is 1. The second-order valence-electron chi connectivity index (χ2n) is 5.63. The lowest BCUT2D eigenvalue weighted by Gasteiger charge is -2.15. The van der Waals surface area contributed by atoms with Crippen LogP contribution in [0.4, 0.5) is 5.82 Å². The molecule has 0 saturated carbocycles. The van der Waals surface area contributed by atoms with Crippen molar-refractivity contribution in [3.05, 3.63) is 52.4 Å². The molecule has 0 unspecified atom stereocenters. The topological polar surface area (TPSA) is 58.1 Å². The zero-order chi connectivity index (χ0) is 16.2. The van der Waals surface area contributed by atoms with Crippen LogP contribution < -0.4 is 5.32 Å². The standard InChI is InChI=1S/C17H19ClN4O/c1-12-20-15(17(23)22-8-4-5-9-22)10-16(21-12)19-11-13-6-2-3-7-14(13)18/h2-3,6-7,10H,4-5,8-9,11H2,1H3,(H,19,20,21). The number of hydrogen-bond acceptors (Lipinski definition) is 4. The number of aromatic nitrogens is 2. The van der Waals surface area contributed by atoms with E-state index in [1.807, 2.05) is 29.2 Å². The third-order valence-electron chi connectivity index (χ3n) is 3.87. The van der Waals surface area contributed by atoms with E-state index >= 15 is 0 Å². The first kappa shape index (κ1) is 15.7. The van der Waals surface area contributed by atoms with Crippen molar-refractivity contribution >= 4 is 23.3 Å². The molecular weight excluding hydrogens is 312 g/mol. The van der Waals surface area contributed by atoms with Gasteiger partial charge in [0.1, 0.15) is 17.3 Å². The van der Waals surface area contributed by atoms with Crippen molar-refractivity contribution in [2.75, 3.05) is 18.4 Å². The van der Waals surface area contributed by atoms with Crippen molar-refractivity contribution in [3.63, 3.8) is 0 Å². The van der Waals surface area contributed by atoms with Crippen LogP contribution in [0.1, 0.15) is 34.7 Å². The first-order valence-corrected chi connectivity index (χ1v) is 8.13. The Balaban J connectivity index is 1.75. The number of nitrogens with one attached hydrogen (secondary N) is 1. The SMILES string of the molecule is Cc1nc(NCc2ccccc2Cl)cc(C(=O)N2CCCC2)n1. The molecule has 1 aromatic heterocycles. The van der Waals surface area contributed by atoms with E-state index in [0.29, 0.717) is 28.9 Å². The molecule has 1 aliphatic heterocycles. The minimum atomic E-state index is -0.0196. The third-order valence-corrected chi connectivity index (χ3v) is 4.24. The van der Waals surface area contributed by atoms with E-state index in [1.165, 1.54) is 0 Å². The zero-order valence-corrected chi connectivity index (χ0v) is 13.8. The molecule has 3 rings (SSSR count). The molecule has 0 bridgehead atoms. The van der Waals surface area contributed by atoms with Gasteiger partial charge >= 0.3 is 0 Å². The number of nitrogens with zero attached hydrogens (tertiary/aromatic N) is 3. The first-order chi connectivity index (χ1) is 11.1. The summed E-state index contributed by atoms with van der Waals surface area (Å²) in [6.45, 7) is 3.96. The predicted octanol–water partition coefficient (Wildman–Crippen LogP) is 3.29. The highest BCUT2D eigenvalue weighted by atomic mass is 35.5. The molecule has 2 heterocycles. The molecule has 0 aliphatic carbocycles. The van der Waals surface area contributed by atoms with E-state index in [9.17, 15) is 4.79 Å². The molecule has 1 amide bonds. The van der Waals surface area contributed by atoms with Crippen molar-refractivity contribution in [1.29, 1.82) is 0 Å². The number of benzene rings is 1. The molecule has 1 fully saturated rings. The number of halogens is 1. The van der Waals surface area contributed by atoms with E-state index in [2.05, 4.69) is 15.3 Å². The van der Waals surface area contributed by atoms with E-state index in [-0.39, 0.29) is 5.91 Å². The molecule has 1 aromatic carbocycles. The third kappa shape index (κ3) is 3.79. The number of aryl methyl sites for hydroxylation is 1. The lowest BCUT2D eigenvalue weighted by Crippen LogP contribution is -2.28. The quantitative estimate of drug-likeness (QED) is 0.934. The molecule has 1 aliphatic rings. The van der Waals surface area contributed by atoms with Crippen molar-refractivity contribution in [2.24, 2.45) is 0 Å². The molecule has 120 valence electrons. The van der Waals surface area contributed by atoms with Gasteiger partial charge in [0.2, 0.25) is 0 Å². The molecular formula is C17H19ClN4O. The fourth-order valence-electron chi connectivity index (χ4n) is 2.68. The lowest BCUT2D eigenvalue weighted by atomic mass is 10.2. The summed E-state index contributed by atoms with van der Waals surface area (Å²) < 4.78 is 0. The molecule has 1 saturated heterocycles. The summed E-state index contributed by atoms with van der Waals surface area (Å²) in [7, 11) is 0. The summed E-state index contributed by atoms with van der Waals surface area (Å²) in [6, 6.07) is 9.36. The average molecular weight is 331 g/mol. The van der Waals surface area contributed by atoms with Crippen LogP contribution in [0.15, 0.2) is 30.3 Å². The molecule has 23 heavy (non-hydrogen) atoms. The van der Waals surface area contributed by atoms with Gasteiger partial charge < -0.3 is 10.2 Å². The van der Waals surface area contributed by atoms with Crippen molar-refractivity contribution in [1.82, 2.24) is 14.9 Å². The molecule has 5 nitrogen and oxygen atoms in total. The second-order valence-corrected chi connectivity index (χ2v) is 6.04. The van der Waals surface area contributed by atoms with Gasteiger partial charge in [0.05, 0.1) is 0 Å². The van der Waals surface area contributed by atoms with Gasteiger partial charge in [-0.1, -0.05) is 29.8 Å². The summed E-state index contributed by atoms with van der Waals surface area (Å²) in [5, 5.41) is 3.93. The van der Waals surface area contributed by atoms with Crippen LogP contribution in [0.3, 0.4) is 0 Å². The number of rotatable bonds is 4. The Morgan fingerprint density at radius 3 is 2.74 bits per heavy atom. The maximum atomic E-state index is 12.5. The first-order valence-electron chi connectivity index (χ1n) is 7.76. The van der Waals surface area contributed by atoms with E-state index in [1.54, 1.807) is 13.0 Å². The van der Waals surface area contributed by atoms with Crippen molar-refractivity contribution in [2.45, 2.75) is 26.3 Å². The molecule has 1 N–H and O–H groups in total. The van der Waals surface area contributed by atoms with Crippen molar-refractivity contribution in [3.8, 4) is 0 Å². The highest BCUT2D eigenvalue weighted by Crippen LogP contribution is 2.18. The second kappa shape index (κ2) is 6.96. The van der Waals surface area contributed by atoms with Crippen LogP contribution in [0.2, 0.25) is 5.02 Å². The average Bonchev–Trinajstić information content (AvgIpc) is 3.07. The van der Waals surface area contributed by atoms with Crippen molar-refractivity contribution < 1.29 is 4.79 Å². The number of carbonyl (C=O) groups is 1. The molecule has 0 atom stereocenters. The highest BCUT2D eigenvalue weighted by Gasteiger charge is 2.21. The summed E-state index contributed by atoms with van der Waals surface area (Å²) in [5.74, 6) is 1.20. The van der Waals surface area contributed by atoms with Gasteiger partial charge in [-0.15, -0.1) is 0 Å². The van der Waals surface area contributed by atoms with Crippen LogP contribution >= 0.6 is 11.6 Å². The molecule has 0 spiro atoms. The number of likely N-dealkylation sites (tertiary alicyclic amines) is 1. The van der Waals surface area contributed by atoms with Crippen LogP contribution in [0.5, 0.6) is 0 Å². The maximum absolute atomic E-state index is 12.5. The largest absolute Gasteiger partial charge is 0.366 e. The van der Waals surface area contributed by atoms with Gasteiger partial charge in [0.25, 0.3) is 5.91 Å². The molecule has 2 aromatic rings. The van der Waals surface area contributed by atoms with Gasteiger partial charge in [-0.3, -0.25) is 4.79 Å². The van der Waals surface area contributed by atoms with Gasteiger partial charge in [-0.25, -0.2) is 9.97 Å². The maximum Gasteiger partial charge on any atom is 0.272 e. The Hall–Kier alpha value is -2.14. The highest BCUT2D eigenvalue weighted by molar-refractivity contribution is 6.31. The normalized spacial score (nSPS) is 14.1. The van der Waals surface area contributed by atoms with Gasteiger partial charge in [-0.2, -0.15) is 0 Å². The van der Waals surface area contributed by atoms with Gasteiger partial charge in [-0.05, 0) is 31.4 Å².